The highest BCUT2D eigenvalue weighted by atomic mass is 32.2. The fraction of sp³-hybridized carbons (Fsp3) is 0.417. The second-order valence-corrected chi connectivity index (χ2v) is 10.9. The topological polar surface area (TPSA) is 105 Å². The number of rotatable bonds is 7. The van der Waals surface area contributed by atoms with Gasteiger partial charge in [0.05, 0.1) is 21.7 Å². The van der Waals surface area contributed by atoms with E-state index in [1.54, 1.807) is 42.2 Å². The summed E-state index contributed by atoms with van der Waals surface area (Å²) in [6.45, 7) is 10.2. The van der Waals surface area contributed by atoms with Crippen molar-refractivity contribution >= 4 is 38.9 Å². The number of nitrogens with one attached hydrogen (secondary N) is 2. The Morgan fingerprint density at radius 1 is 1.12 bits per heavy atom. The van der Waals surface area contributed by atoms with E-state index in [4.69, 9.17) is 4.74 Å². The summed E-state index contributed by atoms with van der Waals surface area (Å²) >= 11 is 0. The Morgan fingerprint density at radius 2 is 1.76 bits per heavy atom. The van der Waals surface area contributed by atoms with E-state index in [1.165, 1.54) is 12.1 Å². The van der Waals surface area contributed by atoms with Gasteiger partial charge < -0.3 is 15.0 Å². The molecule has 9 heteroatoms. The van der Waals surface area contributed by atoms with Crippen LogP contribution in [0.3, 0.4) is 0 Å². The minimum Gasteiger partial charge on any atom is -0.490 e. The fourth-order valence-electron chi connectivity index (χ4n) is 3.44. The van der Waals surface area contributed by atoms with Crippen LogP contribution in [-0.4, -0.2) is 33.4 Å². The SMILES string of the molecule is CCC(=O)Nc1ccc(S(=O)(=O)Nc2ccc3c(c2)OCC(C)(C)C(=O)N3CC(C)C)cc1. The molecule has 2 aromatic rings. The molecule has 2 aromatic carbocycles. The maximum atomic E-state index is 13.1. The van der Waals surface area contributed by atoms with Gasteiger partial charge in [-0.15, -0.1) is 0 Å². The molecule has 2 N–H and O–H groups in total. The third kappa shape index (κ3) is 5.65. The summed E-state index contributed by atoms with van der Waals surface area (Å²) in [5.74, 6) is 0.520. The van der Waals surface area contributed by atoms with Crippen LogP contribution in [0, 0.1) is 11.3 Å². The van der Waals surface area contributed by atoms with Gasteiger partial charge in [0.2, 0.25) is 11.8 Å². The van der Waals surface area contributed by atoms with E-state index in [1.807, 2.05) is 27.7 Å². The first-order valence-electron chi connectivity index (χ1n) is 10.9. The van der Waals surface area contributed by atoms with Crippen molar-refractivity contribution in [3.63, 3.8) is 0 Å². The second-order valence-electron chi connectivity index (χ2n) is 9.20. The molecular weight excluding hydrogens is 442 g/mol. The number of hydrogen-bond acceptors (Lipinski definition) is 5. The van der Waals surface area contributed by atoms with Crippen LogP contribution < -0.4 is 19.7 Å². The minimum absolute atomic E-state index is 0.0291. The predicted octanol–water partition coefficient (Wildman–Crippen LogP) is 4.24. The van der Waals surface area contributed by atoms with Crippen LogP contribution in [0.25, 0.3) is 0 Å². The smallest absolute Gasteiger partial charge is 0.261 e. The van der Waals surface area contributed by atoms with Crippen LogP contribution >= 0.6 is 0 Å². The maximum Gasteiger partial charge on any atom is 0.261 e. The van der Waals surface area contributed by atoms with E-state index >= 15 is 0 Å². The van der Waals surface area contributed by atoms with E-state index in [2.05, 4.69) is 10.0 Å². The van der Waals surface area contributed by atoms with Crippen LogP contribution in [0.1, 0.15) is 41.0 Å². The van der Waals surface area contributed by atoms with Crippen LogP contribution in [0.2, 0.25) is 0 Å². The van der Waals surface area contributed by atoms with Crippen molar-refractivity contribution in [2.75, 3.05) is 28.1 Å². The summed E-state index contributed by atoms with van der Waals surface area (Å²) in [5, 5.41) is 2.68. The van der Waals surface area contributed by atoms with Gasteiger partial charge in [0.25, 0.3) is 10.0 Å². The van der Waals surface area contributed by atoms with Gasteiger partial charge in [0.15, 0.2) is 0 Å². The first kappa shape index (κ1) is 24.6. The quantitative estimate of drug-likeness (QED) is 0.626. The van der Waals surface area contributed by atoms with Crippen LogP contribution in [0.15, 0.2) is 47.4 Å². The van der Waals surface area contributed by atoms with Gasteiger partial charge in [-0.2, -0.15) is 0 Å². The molecule has 178 valence electrons. The molecule has 1 aliphatic rings. The molecule has 8 nitrogen and oxygen atoms in total. The molecule has 0 saturated heterocycles. The number of sulfonamides is 1. The molecule has 33 heavy (non-hydrogen) atoms. The van der Waals surface area contributed by atoms with Gasteiger partial charge in [-0.25, -0.2) is 8.42 Å². The lowest BCUT2D eigenvalue weighted by Crippen LogP contribution is -2.43. The van der Waals surface area contributed by atoms with Gasteiger partial charge in [0.1, 0.15) is 12.4 Å². The Labute approximate surface area is 195 Å². The van der Waals surface area contributed by atoms with E-state index in [0.717, 1.165) is 0 Å². The van der Waals surface area contributed by atoms with Gasteiger partial charge >= 0.3 is 0 Å². The largest absolute Gasteiger partial charge is 0.490 e. The summed E-state index contributed by atoms with van der Waals surface area (Å²) in [4.78, 5) is 26.4. The zero-order chi connectivity index (χ0) is 24.4. The van der Waals surface area contributed by atoms with Crippen molar-refractivity contribution in [3.8, 4) is 5.75 Å². The summed E-state index contributed by atoms with van der Waals surface area (Å²) < 4.78 is 34.3. The van der Waals surface area contributed by atoms with E-state index in [-0.39, 0.29) is 29.2 Å². The minimum atomic E-state index is -3.86. The average Bonchev–Trinajstić information content (AvgIpc) is 2.83. The standard InChI is InChI=1S/C24H31N3O5S/c1-6-22(28)25-17-7-10-19(11-8-17)33(30,31)26-18-9-12-20-21(13-18)32-15-24(4,5)23(29)27(20)14-16(2)3/h7-13,16,26H,6,14-15H2,1-5H3,(H,25,28). The molecule has 2 amide bonds. The number of hydrogen-bond donors (Lipinski definition) is 2. The molecule has 0 atom stereocenters. The number of ether oxygens (including phenoxy) is 1. The molecule has 3 rings (SSSR count). The molecular formula is C24H31N3O5S. The lowest BCUT2D eigenvalue weighted by atomic mass is 9.92. The predicted molar refractivity (Wildman–Crippen MR) is 129 cm³/mol. The van der Waals surface area contributed by atoms with Crippen molar-refractivity contribution in [2.45, 2.75) is 45.9 Å². The third-order valence-electron chi connectivity index (χ3n) is 5.23. The molecule has 1 aliphatic heterocycles. The third-order valence-corrected chi connectivity index (χ3v) is 6.63. The molecule has 0 unspecified atom stereocenters. The maximum absolute atomic E-state index is 13.1. The highest BCUT2D eigenvalue weighted by Gasteiger charge is 2.38. The summed E-state index contributed by atoms with van der Waals surface area (Å²) in [5.41, 5.74) is 0.770. The van der Waals surface area contributed by atoms with Crippen molar-refractivity contribution in [1.29, 1.82) is 0 Å². The summed E-state index contributed by atoms with van der Waals surface area (Å²) in [6.07, 6.45) is 0.333. The van der Waals surface area contributed by atoms with Gasteiger partial charge in [-0.05, 0) is 56.2 Å². The van der Waals surface area contributed by atoms with Gasteiger partial charge in [-0.3, -0.25) is 14.3 Å². The van der Waals surface area contributed by atoms with Crippen molar-refractivity contribution in [1.82, 2.24) is 0 Å². The fourth-order valence-corrected chi connectivity index (χ4v) is 4.49. The number of benzene rings is 2. The zero-order valence-electron chi connectivity index (χ0n) is 19.6. The molecule has 1 heterocycles. The van der Waals surface area contributed by atoms with Crippen molar-refractivity contribution in [2.24, 2.45) is 11.3 Å². The van der Waals surface area contributed by atoms with E-state index in [0.29, 0.717) is 35.8 Å². The summed E-state index contributed by atoms with van der Waals surface area (Å²) in [6, 6.07) is 10.9. The van der Waals surface area contributed by atoms with Crippen LogP contribution in [0.5, 0.6) is 5.75 Å². The number of carbonyl (C=O) groups is 2. The van der Waals surface area contributed by atoms with E-state index < -0.39 is 15.4 Å². The monoisotopic (exact) mass is 473 g/mol. The Morgan fingerprint density at radius 3 is 2.36 bits per heavy atom. The number of anilines is 3. The number of nitrogens with zero attached hydrogens (tertiary/aromatic N) is 1. The average molecular weight is 474 g/mol. The van der Waals surface area contributed by atoms with Crippen molar-refractivity contribution in [3.05, 3.63) is 42.5 Å². The number of amides is 2. The Balaban J connectivity index is 1.86. The number of carbonyl (C=O) groups excluding carboxylic acids is 2. The normalized spacial score (nSPS) is 15.5. The molecule has 0 radical (unpaired) electrons. The molecule has 0 bridgehead atoms. The Bertz CT molecular complexity index is 1140. The molecule has 0 spiro atoms. The van der Waals surface area contributed by atoms with Crippen LogP contribution in [-0.2, 0) is 19.6 Å². The van der Waals surface area contributed by atoms with Gasteiger partial charge in [0, 0.05) is 24.7 Å². The Hall–Kier alpha value is -3.07. The molecule has 0 aromatic heterocycles. The van der Waals surface area contributed by atoms with E-state index in [9.17, 15) is 18.0 Å². The lowest BCUT2D eigenvalue weighted by Gasteiger charge is -2.29. The van der Waals surface area contributed by atoms with Gasteiger partial charge in [-0.1, -0.05) is 20.8 Å². The lowest BCUT2D eigenvalue weighted by molar-refractivity contribution is -0.127. The Kier molecular flexibility index (Phi) is 7.02. The first-order valence-corrected chi connectivity index (χ1v) is 12.4. The molecule has 0 aliphatic carbocycles. The zero-order valence-corrected chi connectivity index (χ0v) is 20.5. The van der Waals surface area contributed by atoms with Crippen LogP contribution in [0.4, 0.5) is 17.1 Å². The van der Waals surface area contributed by atoms with Crippen molar-refractivity contribution < 1.29 is 22.7 Å². The summed E-state index contributed by atoms with van der Waals surface area (Å²) in [7, 11) is -3.86. The highest BCUT2D eigenvalue weighted by Crippen LogP contribution is 2.39. The highest BCUT2D eigenvalue weighted by molar-refractivity contribution is 7.92. The molecule has 0 fully saturated rings. The molecule has 0 saturated carbocycles. The second kappa shape index (κ2) is 9.43. The number of fused-ring (bicyclic) bond motifs is 1. The first-order chi connectivity index (χ1) is 15.4.